The van der Waals surface area contributed by atoms with Gasteiger partial charge in [-0.05, 0) is 85.9 Å². The van der Waals surface area contributed by atoms with Crippen molar-refractivity contribution in [3.63, 3.8) is 0 Å². The van der Waals surface area contributed by atoms with Crippen LogP contribution in [0, 0.1) is 0 Å². The van der Waals surface area contributed by atoms with Gasteiger partial charge in [0.05, 0.1) is 17.1 Å². The third-order valence-electron chi connectivity index (χ3n) is 4.27. The van der Waals surface area contributed by atoms with Gasteiger partial charge in [0.15, 0.2) is 5.11 Å². The molecule has 0 bridgehead atoms. The highest BCUT2D eigenvalue weighted by Crippen LogP contribution is 2.22. The van der Waals surface area contributed by atoms with Gasteiger partial charge in [0.25, 0.3) is 15.9 Å². The quantitative estimate of drug-likeness (QED) is 0.321. The summed E-state index contributed by atoms with van der Waals surface area (Å²) in [5, 5.41) is 15.1. The fourth-order valence-electron chi connectivity index (χ4n) is 2.74. The van der Waals surface area contributed by atoms with Crippen LogP contribution in [0.3, 0.4) is 0 Å². The summed E-state index contributed by atoms with van der Waals surface area (Å²) in [5.74, 6) is -0.132. The molecule has 3 aromatic rings. The number of amides is 1. The van der Waals surface area contributed by atoms with E-state index in [4.69, 9.17) is 17.0 Å². The molecule has 8 nitrogen and oxygen atoms in total. The second kappa shape index (κ2) is 10.6. The monoisotopic (exact) mass is 549 g/mol. The molecule has 0 aliphatic rings. The summed E-state index contributed by atoms with van der Waals surface area (Å²) in [4.78, 5) is 12.4. The van der Waals surface area contributed by atoms with Gasteiger partial charge in [0.1, 0.15) is 11.5 Å². The highest BCUT2D eigenvalue weighted by Gasteiger charge is 2.16. The van der Waals surface area contributed by atoms with Gasteiger partial charge in [-0.2, -0.15) is 0 Å². The van der Waals surface area contributed by atoms with Crippen molar-refractivity contribution >= 4 is 60.6 Å². The Kier molecular flexibility index (Phi) is 7.90. The molecule has 0 fully saturated rings. The largest absolute Gasteiger partial charge is 0.507 e. The van der Waals surface area contributed by atoms with Crippen molar-refractivity contribution in [1.29, 1.82) is 0 Å². The molecule has 0 saturated heterocycles. The number of hydrogen-bond acceptors (Lipinski definition) is 6. The maximum Gasteiger partial charge on any atom is 0.261 e. The van der Waals surface area contributed by atoms with Crippen LogP contribution in [-0.2, 0) is 10.0 Å². The molecule has 0 heterocycles. The lowest BCUT2D eigenvalue weighted by Gasteiger charge is -2.12. The summed E-state index contributed by atoms with van der Waals surface area (Å²) in [7, 11) is -3.80. The Morgan fingerprint density at radius 2 is 1.67 bits per heavy atom. The average Bonchev–Trinajstić information content (AvgIpc) is 2.77. The minimum atomic E-state index is -3.80. The number of phenolic OH excluding ortho intramolecular Hbond substituents is 1. The number of nitrogens with one attached hydrogen (secondary N) is 3. The van der Waals surface area contributed by atoms with Crippen LogP contribution in [-0.4, -0.2) is 31.2 Å². The molecule has 0 aliphatic carbocycles. The topological polar surface area (TPSA) is 117 Å². The molecule has 11 heteroatoms. The van der Waals surface area contributed by atoms with Crippen molar-refractivity contribution in [3.05, 3.63) is 76.8 Å². The van der Waals surface area contributed by atoms with Crippen LogP contribution in [0.4, 0.5) is 11.4 Å². The van der Waals surface area contributed by atoms with E-state index >= 15 is 0 Å². The Balaban J connectivity index is 1.62. The summed E-state index contributed by atoms with van der Waals surface area (Å²) >= 11 is 8.37. The number of carbonyl (C=O) groups is 1. The first kappa shape index (κ1) is 24.5. The standard InChI is InChI=1S/C22H20BrN3O5S2/c1-2-31-17-8-4-16(5-9-17)26-33(29,30)18-10-6-15(7-11-18)24-22(32)25-21(28)19-13-14(23)3-12-20(19)27/h3-13,26-27H,2H2,1H3,(H2,24,25,28,32). The molecule has 1 amide bonds. The number of rotatable bonds is 7. The van der Waals surface area contributed by atoms with E-state index in [1.54, 1.807) is 30.3 Å². The first-order chi connectivity index (χ1) is 15.7. The Morgan fingerprint density at radius 1 is 1.03 bits per heavy atom. The molecule has 0 radical (unpaired) electrons. The molecule has 0 unspecified atom stereocenters. The SMILES string of the molecule is CCOc1ccc(NS(=O)(=O)c2ccc(NC(=S)NC(=O)c3cc(Br)ccc3O)cc2)cc1. The zero-order chi connectivity index (χ0) is 24.0. The zero-order valence-electron chi connectivity index (χ0n) is 17.3. The first-order valence-electron chi connectivity index (χ1n) is 9.64. The number of phenols is 1. The molecule has 33 heavy (non-hydrogen) atoms. The summed E-state index contributed by atoms with van der Waals surface area (Å²) in [6.07, 6.45) is 0. The van der Waals surface area contributed by atoms with E-state index in [1.165, 1.54) is 36.4 Å². The summed E-state index contributed by atoms with van der Waals surface area (Å²) in [5.41, 5.74) is 0.925. The second-order valence-electron chi connectivity index (χ2n) is 6.66. The number of aromatic hydroxyl groups is 1. The summed E-state index contributed by atoms with van der Waals surface area (Å²) in [6, 6.07) is 16.9. The van der Waals surface area contributed by atoms with E-state index in [-0.39, 0.29) is 21.3 Å². The highest BCUT2D eigenvalue weighted by atomic mass is 79.9. The lowest BCUT2D eigenvalue weighted by molar-refractivity contribution is 0.0975. The van der Waals surface area contributed by atoms with Crippen molar-refractivity contribution in [3.8, 4) is 11.5 Å². The van der Waals surface area contributed by atoms with Gasteiger partial charge in [-0.1, -0.05) is 15.9 Å². The number of ether oxygens (including phenoxy) is 1. The molecular weight excluding hydrogens is 530 g/mol. The Morgan fingerprint density at radius 3 is 2.30 bits per heavy atom. The van der Waals surface area contributed by atoms with Crippen molar-refractivity contribution in [2.24, 2.45) is 0 Å². The van der Waals surface area contributed by atoms with Crippen molar-refractivity contribution in [2.75, 3.05) is 16.6 Å². The van der Waals surface area contributed by atoms with Crippen LogP contribution in [0.5, 0.6) is 11.5 Å². The minimum Gasteiger partial charge on any atom is -0.507 e. The number of anilines is 2. The number of sulfonamides is 1. The predicted octanol–water partition coefficient (Wildman–Crippen LogP) is 4.48. The summed E-state index contributed by atoms with van der Waals surface area (Å²) in [6.45, 7) is 2.38. The first-order valence-corrected chi connectivity index (χ1v) is 12.3. The number of hydrogen-bond donors (Lipinski definition) is 4. The number of benzene rings is 3. The van der Waals surface area contributed by atoms with Crippen LogP contribution in [0.15, 0.2) is 76.1 Å². The number of carbonyl (C=O) groups excluding carboxylic acids is 1. The Hall–Kier alpha value is -3.15. The second-order valence-corrected chi connectivity index (χ2v) is 9.66. The van der Waals surface area contributed by atoms with Gasteiger partial charge < -0.3 is 15.2 Å². The lowest BCUT2D eigenvalue weighted by atomic mass is 10.2. The van der Waals surface area contributed by atoms with Crippen LogP contribution in [0.25, 0.3) is 0 Å². The van der Waals surface area contributed by atoms with E-state index in [0.29, 0.717) is 28.2 Å². The molecule has 0 atom stereocenters. The fraction of sp³-hybridized carbons (Fsp3) is 0.0909. The zero-order valence-corrected chi connectivity index (χ0v) is 20.6. The van der Waals surface area contributed by atoms with Gasteiger partial charge in [0.2, 0.25) is 0 Å². The van der Waals surface area contributed by atoms with E-state index < -0.39 is 15.9 Å². The van der Waals surface area contributed by atoms with E-state index in [0.717, 1.165) is 0 Å². The maximum atomic E-state index is 12.6. The van der Waals surface area contributed by atoms with Crippen LogP contribution < -0.4 is 20.1 Å². The van der Waals surface area contributed by atoms with Crippen LogP contribution in [0.1, 0.15) is 17.3 Å². The smallest absolute Gasteiger partial charge is 0.261 e. The Labute approximate surface area is 205 Å². The van der Waals surface area contributed by atoms with Crippen LogP contribution in [0.2, 0.25) is 0 Å². The fourth-order valence-corrected chi connectivity index (χ4v) is 4.37. The molecule has 4 N–H and O–H groups in total. The maximum absolute atomic E-state index is 12.6. The lowest BCUT2D eigenvalue weighted by Crippen LogP contribution is -2.34. The van der Waals surface area contributed by atoms with Gasteiger partial charge in [-0.15, -0.1) is 0 Å². The van der Waals surface area contributed by atoms with Gasteiger partial charge in [-0.3, -0.25) is 14.8 Å². The summed E-state index contributed by atoms with van der Waals surface area (Å²) < 4.78 is 33.7. The number of thiocarbonyl (C=S) groups is 1. The molecule has 3 rings (SSSR count). The highest BCUT2D eigenvalue weighted by molar-refractivity contribution is 9.10. The molecule has 172 valence electrons. The van der Waals surface area contributed by atoms with Crippen molar-refractivity contribution < 1.29 is 23.1 Å². The van der Waals surface area contributed by atoms with Gasteiger partial charge in [-0.25, -0.2) is 8.42 Å². The molecule has 0 spiro atoms. The molecule has 0 saturated carbocycles. The third-order valence-corrected chi connectivity index (χ3v) is 6.36. The van der Waals surface area contributed by atoms with Gasteiger partial charge in [0, 0.05) is 15.8 Å². The normalized spacial score (nSPS) is 10.8. The minimum absolute atomic E-state index is 0.0116. The molecular formula is C22H20BrN3O5S2. The van der Waals surface area contributed by atoms with E-state index in [1.807, 2.05) is 6.92 Å². The third kappa shape index (κ3) is 6.67. The van der Waals surface area contributed by atoms with Crippen molar-refractivity contribution in [2.45, 2.75) is 11.8 Å². The van der Waals surface area contributed by atoms with Crippen LogP contribution >= 0.6 is 28.1 Å². The predicted molar refractivity (Wildman–Crippen MR) is 134 cm³/mol. The van der Waals surface area contributed by atoms with E-state index in [2.05, 4.69) is 31.3 Å². The van der Waals surface area contributed by atoms with Crippen molar-refractivity contribution in [1.82, 2.24) is 5.32 Å². The molecule has 3 aromatic carbocycles. The molecule has 0 aromatic heterocycles. The number of halogens is 1. The van der Waals surface area contributed by atoms with E-state index in [9.17, 15) is 18.3 Å². The van der Waals surface area contributed by atoms with Gasteiger partial charge >= 0.3 is 0 Å². The Bertz CT molecular complexity index is 1260. The molecule has 0 aliphatic heterocycles. The average molecular weight is 550 g/mol.